The number of alkyl halides is 1. The molecule has 0 amide bonds. The zero-order chi connectivity index (χ0) is 11.1. The van der Waals surface area contributed by atoms with E-state index >= 15 is 0 Å². The first-order valence-electron chi connectivity index (χ1n) is 4.71. The molecular formula is C10H14BrNO2S. The third-order valence-corrected chi connectivity index (χ3v) is 3.75. The van der Waals surface area contributed by atoms with Crippen LogP contribution in [-0.4, -0.2) is 20.3 Å². The predicted octanol–water partition coefficient (Wildman–Crippen LogP) is 1.89. The maximum atomic E-state index is 11.5. The quantitative estimate of drug-likeness (QED) is 0.643. The van der Waals surface area contributed by atoms with Crippen molar-refractivity contribution in [3.8, 4) is 0 Å². The Balaban J connectivity index is 2.50. The van der Waals surface area contributed by atoms with E-state index in [0.717, 1.165) is 17.3 Å². The molecule has 0 saturated heterocycles. The summed E-state index contributed by atoms with van der Waals surface area (Å²) in [5.41, 5.74) is 0.809. The van der Waals surface area contributed by atoms with Crippen LogP contribution in [0.4, 0.5) is 0 Å². The fraction of sp³-hybridized carbons (Fsp3) is 0.400. The summed E-state index contributed by atoms with van der Waals surface area (Å²) in [6, 6.07) is 9.16. The second kappa shape index (κ2) is 6.25. The van der Waals surface area contributed by atoms with Crippen molar-refractivity contribution in [1.82, 2.24) is 4.72 Å². The van der Waals surface area contributed by atoms with Crippen LogP contribution >= 0.6 is 15.9 Å². The van der Waals surface area contributed by atoms with Crippen molar-refractivity contribution < 1.29 is 8.42 Å². The van der Waals surface area contributed by atoms with E-state index in [1.54, 1.807) is 0 Å². The van der Waals surface area contributed by atoms with Gasteiger partial charge in [0.2, 0.25) is 10.0 Å². The highest BCUT2D eigenvalue weighted by Gasteiger charge is 2.09. The van der Waals surface area contributed by atoms with Crippen LogP contribution in [0.15, 0.2) is 30.3 Å². The average Bonchev–Trinajstić information content (AvgIpc) is 2.18. The first-order chi connectivity index (χ1) is 7.14. The zero-order valence-electron chi connectivity index (χ0n) is 8.32. The van der Waals surface area contributed by atoms with Gasteiger partial charge >= 0.3 is 0 Å². The highest BCUT2D eigenvalue weighted by molar-refractivity contribution is 9.09. The number of hydrogen-bond acceptors (Lipinski definition) is 2. The number of sulfonamides is 1. The second-order valence-corrected chi connectivity index (χ2v) is 5.78. The summed E-state index contributed by atoms with van der Waals surface area (Å²) in [5, 5.41) is 0.806. The van der Waals surface area contributed by atoms with E-state index in [2.05, 4.69) is 20.7 Å². The van der Waals surface area contributed by atoms with E-state index in [4.69, 9.17) is 0 Å². The molecule has 0 saturated carbocycles. The second-order valence-electron chi connectivity index (χ2n) is 3.18. The zero-order valence-corrected chi connectivity index (χ0v) is 10.7. The average molecular weight is 292 g/mol. The lowest BCUT2D eigenvalue weighted by Crippen LogP contribution is -2.26. The van der Waals surface area contributed by atoms with Gasteiger partial charge in [0.25, 0.3) is 0 Å². The van der Waals surface area contributed by atoms with Gasteiger partial charge in [0.1, 0.15) is 0 Å². The summed E-state index contributed by atoms with van der Waals surface area (Å²) < 4.78 is 25.6. The topological polar surface area (TPSA) is 46.2 Å². The summed E-state index contributed by atoms with van der Waals surface area (Å²) in [6.07, 6.45) is 0.800. The Morgan fingerprint density at radius 1 is 1.20 bits per heavy atom. The molecule has 0 aliphatic rings. The van der Waals surface area contributed by atoms with Crippen LogP contribution in [0.2, 0.25) is 0 Å². The lowest BCUT2D eigenvalue weighted by molar-refractivity contribution is 0.580. The molecule has 1 aromatic rings. The van der Waals surface area contributed by atoms with Crippen molar-refractivity contribution in [3.05, 3.63) is 35.9 Å². The molecule has 0 radical (unpaired) electrons. The Kier molecular flexibility index (Phi) is 5.28. The normalized spacial score (nSPS) is 11.5. The van der Waals surface area contributed by atoms with Gasteiger partial charge < -0.3 is 0 Å². The minimum absolute atomic E-state index is 0.0517. The predicted molar refractivity (Wildman–Crippen MR) is 65.5 cm³/mol. The van der Waals surface area contributed by atoms with Crippen molar-refractivity contribution >= 4 is 26.0 Å². The van der Waals surface area contributed by atoms with Crippen molar-refractivity contribution in [2.75, 3.05) is 11.9 Å². The lowest BCUT2D eigenvalue weighted by Gasteiger charge is -2.05. The molecule has 0 aromatic heterocycles. The summed E-state index contributed by atoms with van der Waals surface area (Å²) in [6.45, 7) is 0.487. The number of hydrogen-bond donors (Lipinski definition) is 1. The minimum Gasteiger partial charge on any atom is -0.215 e. The van der Waals surface area contributed by atoms with Gasteiger partial charge in [-0.25, -0.2) is 13.1 Å². The Morgan fingerprint density at radius 3 is 2.47 bits per heavy atom. The number of nitrogens with one attached hydrogen (secondary N) is 1. The van der Waals surface area contributed by atoms with Gasteiger partial charge in [-0.15, -0.1) is 0 Å². The highest BCUT2D eigenvalue weighted by Crippen LogP contribution is 2.03. The molecule has 1 aromatic carbocycles. The van der Waals surface area contributed by atoms with E-state index in [1.807, 2.05) is 30.3 Å². The first kappa shape index (κ1) is 12.7. The standard InChI is InChI=1S/C10H14BrNO2S/c11-7-4-8-12-15(13,14)9-10-5-2-1-3-6-10/h1-3,5-6,12H,4,7-9H2. The molecule has 0 aliphatic carbocycles. The van der Waals surface area contributed by atoms with Crippen LogP contribution in [0.5, 0.6) is 0 Å². The van der Waals surface area contributed by atoms with E-state index < -0.39 is 10.0 Å². The molecule has 0 spiro atoms. The molecule has 0 unspecified atom stereocenters. The van der Waals surface area contributed by atoms with Crippen molar-refractivity contribution in [1.29, 1.82) is 0 Å². The van der Waals surface area contributed by atoms with E-state index in [9.17, 15) is 8.42 Å². The maximum Gasteiger partial charge on any atom is 0.215 e. The molecule has 5 heteroatoms. The fourth-order valence-corrected chi connectivity index (χ4v) is 2.61. The first-order valence-corrected chi connectivity index (χ1v) is 7.48. The summed E-state index contributed by atoms with van der Waals surface area (Å²) >= 11 is 3.25. The van der Waals surface area contributed by atoms with Gasteiger partial charge in [-0.1, -0.05) is 46.3 Å². The van der Waals surface area contributed by atoms with E-state index in [0.29, 0.717) is 6.54 Å². The smallest absolute Gasteiger partial charge is 0.215 e. The Hall–Kier alpha value is -0.390. The van der Waals surface area contributed by atoms with Gasteiger partial charge in [0, 0.05) is 11.9 Å². The molecule has 0 bridgehead atoms. The van der Waals surface area contributed by atoms with Crippen LogP contribution in [0, 0.1) is 0 Å². The van der Waals surface area contributed by atoms with Crippen LogP contribution in [0.3, 0.4) is 0 Å². The Labute approximate surface area is 99.1 Å². The molecule has 84 valence electrons. The fourth-order valence-electron chi connectivity index (χ4n) is 1.14. The summed E-state index contributed by atoms with van der Waals surface area (Å²) in [4.78, 5) is 0. The summed E-state index contributed by atoms with van der Waals surface area (Å²) in [7, 11) is -3.18. The number of halogens is 1. The van der Waals surface area contributed by atoms with E-state index in [-0.39, 0.29) is 5.75 Å². The number of rotatable bonds is 6. The van der Waals surface area contributed by atoms with Crippen molar-refractivity contribution in [2.24, 2.45) is 0 Å². The third-order valence-electron chi connectivity index (χ3n) is 1.83. The molecule has 0 fully saturated rings. The van der Waals surface area contributed by atoms with Crippen LogP contribution in [0.25, 0.3) is 0 Å². The molecule has 15 heavy (non-hydrogen) atoms. The SMILES string of the molecule is O=S(=O)(Cc1ccccc1)NCCCBr. The molecule has 0 heterocycles. The maximum absolute atomic E-state index is 11.5. The number of benzene rings is 1. The summed E-state index contributed by atoms with van der Waals surface area (Å²) in [5.74, 6) is 0.0517. The van der Waals surface area contributed by atoms with Gasteiger partial charge in [-0.3, -0.25) is 0 Å². The molecule has 1 N–H and O–H groups in total. The molecule has 3 nitrogen and oxygen atoms in total. The Bertz CT molecular complexity index is 378. The molecule has 0 aliphatic heterocycles. The van der Waals surface area contributed by atoms with E-state index in [1.165, 1.54) is 0 Å². The minimum atomic E-state index is -3.18. The highest BCUT2D eigenvalue weighted by atomic mass is 79.9. The molecule has 1 rings (SSSR count). The van der Waals surface area contributed by atoms with Gasteiger partial charge in [0.15, 0.2) is 0 Å². The third kappa shape index (κ3) is 5.30. The molecule has 0 atom stereocenters. The van der Waals surface area contributed by atoms with Gasteiger partial charge in [-0.2, -0.15) is 0 Å². The van der Waals surface area contributed by atoms with Gasteiger partial charge in [0.05, 0.1) is 5.75 Å². The van der Waals surface area contributed by atoms with Crippen molar-refractivity contribution in [3.63, 3.8) is 0 Å². The monoisotopic (exact) mass is 291 g/mol. The van der Waals surface area contributed by atoms with Crippen LogP contribution in [0.1, 0.15) is 12.0 Å². The van der Waals surface area contributed by atoms with Crippen LogP contribution in [-0.2, 0) is 15.8 Å². The lowest BCUT2D eigenvalue weighted by atomic mass is 10.2. The molecular weight excluding hydrogens is 278 g/mol. The Morgan fingerprint density at radius 2 is 1.87 bits per heavy atom. The largest absolute Gasteiger partial charge is 0.215 e. The van der Waals surface area contributed by atoms with Gasteiger partial charge in [-0.05, 0) is 12.0 Å². The van der Waals surface area contributed by atoms with Crippen LogP contribution < -0.4 is 4.72 Å². The van der Waals surface area contributed by atoms with Crippen molar-refractivity contribution in [2.45, 2.75) is 12.2 Å².